The lowest BCUT2D eigenvalue weighted by Crippen LogP contribution is -2.35. The summed E-state index contributed by atoms with van der Waals surface area (Å²) < 4.78 is 0. The van der Waals surface area contributed by atoms with Crippen molar-refractivity contribution in [2.24, 2.45) is 16.8 Å². The Morgan fingerprint density at radius 3 is 2.48 bits per heavy atom. The molecule has 1 N–H and O–H groups in total. The molecule has 0 saturated heterocycles. The third-order valence-electron chi connectivity index (χ3n) is 7.18. The van der Waals surface area contributed by atoms with Gasteiger partial charge in [0.15, 0.2) is 0 Å². The molecular weight excluding hydrogens is 406 g/mol. The largest absolute Gasteiger partial charge is 0.351 e. The third kappa shape index (κ3) is 5.35. The van der Waals surface area contributed by atoms with Crippen LogP contribution in [0.1, 0.15) is 79.6 Å². The number of hydrogen-bond donors (Lipinski definition) is 1. The van der Waals surface area contributed by atoms with Crippen molar-refractivity contribution in [1.29, 1.82) is 0 Å². The Hall–Kier alpha value is -1.79. The molecule has 0 bridgehead atoms. The van der Waals surface area contributed by atoms with Gasteiger partial charge in [0, 0.05) is 28.6 Å². The first kappa shape index (κ1) is 23.9. The Kier molecular flexibility index (Phi) is 7.87. The predicted molar refractivity (Wildman–Crippen MR) is 129 cm³/mol. The molecule has 2 heterocycles. The number of amides is 2. The fraction of sp³-hybridized carbons (Fsp3) is 0.640. The highest BCUT2D eigenvalue weighted by molar-refractivity contribution is 7.10. The second kappa shape index (κ2) is 10.2. The Morgan fingerprint density at radius 2 is 1.90 bits per heavy atom. The van der Waals surface area contributed by atoms with Gasteiger partial charge in [-0.3, -0.25) is 9.59 Å². The molecule has 1 aliphatic carbocycles. The van der Waals surface area contributed by atoms with Gasteiger partial charge >= 0.3 is 0 Å². The molecule has 1 aromatic rings. The molecule has 6 heteroatoms. The molecule has 3 rings (SSSR count). The van der Waals surface area contributed by atoms with Crippen molar-refractivity contribution < 1.29 is 9.59 Å². The van der Waals surface area contributed by atoms with E-state index in [-0.39, 0.29) is 17.7 Å². The molecule has 2 unspecified atom stereocenters. The van der Waals surface area contributed by atoms with E-state index in [9.17, 15) is 9.59 Å². The summed E-state index contributed by atoms with van der Waals surface area (Å²) in [5.41, 5.74) is 3.55. The molecule has 0 radical (unpaired) electrons. The zero-order valence-electron chi connectivity index (χ0n) is 19.8. The number of carbonyl (C=O) groups is 2. The van der Waals surface area contributed by atoms with Crippen molar-refractivity contribution in [2.45, 2.75) is 71.8 Å². The van der Waals surface area contributed by atoms with Gasteiger partial charge in [-0.15, -0.1) is 11.3 Å². The fourth-order valence-corrected chi connectivity index (χ4v) is 6.57. The topological polar surface area (TPSA) is 61.8 Å². The smallest absolute Gasteiger partial charge is 0.254 e. The van der Waals surface area contributed by atoms with Gasteiger partial charge in [0.1, 0.15) is 0 Å². The Labute approximate surface area is 191 Å². The van der Waals surface area contributed by atoms with E-state index in [2.05, 4.69) is 43.2 Å². The quantitative estimate of drug-likeness (QED) is 0.648. The minimum atomic E-state index is -0.360. The summed E-state index contributed by atoms with van der Waals surface area (Å²) in [6.45, 7) is 8.40. The average Bonchev–Trinajstić information content (AvgIpc) is 3.09. The molecule has 0 spiro atoms. The summed E-state index contributed by atoms with van der Waals surface area (Å²) in [4.78, 5) is 32.9. The summed E-state index contributed by atoms with van der Waals surface area (Å²) in [5, 5.41) is 4.99. The Balaban J connectivity index is 1.65. The van der Waals surface area contributed by atoms with Crippen LogP contribution in [-0.2, 0) is 4.79 Å². The van der Waals surface area contributed by atoms with Crippen LogP contribution in [0.25, 0.3) is 0 Å². The molecule has 1 fully saturated rings. The number of thiophene rings is 1. The van der Waals surface area contributed by atoms with Gasteiger partial charge < -0.3 is 10.2 Å². The van der Waals surface area contributed by atoms with Crippen molar-refractivity contribution in [1.82, 2.24) is 10.2 Å². The van der Waals surface area contributed by atoms with E-state index in [1.165, 1.54) is 30.6 Å². The van der Waals surface area contributed by atoms with E-state index in [1.54, 1.807) is 11.3 Å². The Bertz CT molecular complexity index is 875. The van der Waals surface area contributed by atoms with Gasteiger partial charge in [-0.25, -0.2) is 4.99 Å². The number of allylic oxidation sites excluding steroid dienone is 1. The monoisotopic (exact) mass is 443 g/mol. The van der Waals surface area contributed by atoms with Gasteiger partial charge in [-0.2, -0.15) is 0 Å². The first-order chi connectivity index (χ1) is 14.7. The number of hydrogen-bond acceptors (Lipinski definition) is 4. The summed E-state index contributed by atoms with van der Waals surface area (Å²) >= 11 is 1.73. The molecule has 2 atom stereocenters. The van der Waals surface area contributed by atoms with Crippen molar-refractivity contribution in [3.05, 3.63) is 33.0 Å². The van der Waals surface area contributed by atoms with Gasteiger partial charge in [-0.05, 0) is 90.4 Å². The van der Waals surface area contributed by atoms with Crippen molar-refractivity contribution in [3.63, 3.8) is 0 Å². The second-order valence-electron chi connectivity index (χ2n) is 9.43. The maximum atomic E-state index is 12.9. The predicted octanol–water partition coefficient (Wildman–Crippen LogP) is 4.96. The number of aliphatic imine (C=N–C) groups is 1. The van der Waals surface area contributed by atoms with Crippen LogP contribution in [0.3, 0.4) is 0 Å². The first-order valence-electron chi connectivity index (χ1n) is 11.5. The molecular formula is C25H37N3O2S. The molecule has 1 aromatic heterocycles. The number of carbonyl (C=O) groups excluding carboxylic acids is 2. The highest BCUT2D eigenvalue weighted by Gasteiger charge is 2.31. The zero-order valence-corrected chi connectivity index (χ0v) is 20.6. The maximum absolute atomic E-state index is 12.9. The van der Waals surface area contributed by atoms with Gasteiger partial charge in [0.05, 0.1) is 11.5 Å². The van der Waals surface area contributed by atoms with E-state index in [4.69, 9.17) is 0 Å². The van der Waals surface area contributed by atoms with Crippen LogP contribution in [0.4, 0.5) is 0 Å². The maximum Gasteiger partial charge on any atom is 0.254 e. The normalized spacial score (nSPS) is 25.3. The standard InChI is InChI=1S/C25H37N3O2S/c1-7-20(18-8-10-19(11-9-18)28(5)6)23-17(4)22(14-31-23)24(29)26-13-21-15(2)12-16(3)27-25(21)30/h12,14,18-21H,7-11,13H2,1-6H3,(H,26,29). The Morgan fingerprint density at radius 1 is 1.23 bits per heavy atom. The molecule has 2 amide bonds. The second-order valence-corrected chi connectivity index (χ2v) is 10.3. The minimum absolute atomic E-state index is 0.0851. The molecule has 1 aliphatic heterocycles. The van der Waals surface area contributed by atoms with Crippen LogP contribution in [0, 0.1) is 18.8 Å². The lowest BCUT2D eigenvalue weighted by atomic mass is 9.75. The van der Waals surface area contributed by atoms with Gasteiger partial charge in [-0.1, -0.05) is 12.5 Å². The molecule has 2 aliphatic rings. The van der Waals surface area contributed by atoms with Crippen LogP contribution >= 0.6 is 11.3 Å². The number of rotatable bonds is 7. The summed E-state index contributed by atoms with van der Waals surface area (Å²) in [6, 6.07) is 0.702. The molecule has 170 valence electrons. The van der Waals surface area contributed by atoms with E-state index >= 15 is 0 Å². The minimum Gasteiger partial charge on any atom is -0.351 e. The van der Waals surface area contributed by atoms with Crippen LogP contribution in [0.5, 0.6) is 0 Å². The highest BCUT2D eigenvalue weighted by atomic mass is 32.1. The first-order valence-corrected chi connectivity index (χ1v) is 12.4. The van der Waals surface area contributed by atoms with Gasteiger partial charge in [0.2, 0.25) is 0 Å². The van der Waals surface area contributed by atoms with Gasteiger partial charge in [0.25, 0.3) is 11.8 Å². The van der Waals surface area contributed by atoms with Crippen molar-refractivity contribution in [3.8, 4) is 0 Å². The van der Waals surface area contributed by atoms with Crippen LogP contribution in [-0.4, -0.2) is 49.1 Å². The molecule has 1 saturated carbocycles. The number of nitrogens with zero attached hydrogens (tertiary/aromatic N) is 2. The fourth-order valence-electron chi connectivity index (χ4n) is 5.22. The summed E-state index contributed by atoms with van der Waals surface area (Å²) in [5.74, 6) is 0.611. The summed E-state index contributed by atoms with van der Waals surface area (Å²) in [7, 11) is 4.37. The average molecular weight is 444 g/mol. The third-order valence-corrected chi connectivity index (χ3v) is 8.39. The lowest BCUT2D eigenvalue weighted by Gasteiger charge is -2.36. The lowest BCUT2D eigenvalue weighted by molar-refractivity contribution is -0.120. The van der Waals surface area contributed by atoms with E-state index < -0.39 is 0 Å². The molecule has 31 heavy (non-hydrogen) atoms. The molecule has 0 aromatic carbocycles. The van der Waals surface area contributed by atoms with Crippen molar-refractivity contribution >= 4 is 28.9 Å². The number of dihydropyridines is 1. The SMILES string of the molecule is CCC(c1scc(C(=O)NCC2C(=O)N=C(C)C=C2C)c1C)C1CCC(N(C)C)CC1. The highest BCUT2D eigenvalue weighted by Crippen LogP contribution is 2.42. The van der Waals surface area contributed by atoms with Crippen molar-refractivity contribution in [2.75, 3.05) is 20.6 Å². The van der Waals surface area contributed by atoms with E-state index in [0.717, 1.165) is 28.8 Å². The zero-order chi connectivity index (χ0) is 22.7. The molecule has 5 nitrogen and oxygen atoms in total. The summed E-state index contributed by atoms with van der Waals surface area (Å²) in [6.07, 6.45) is 8.07. The van der Waals surface area contributed by atoms with Crippen LogP contribution in [0.15, 0.2) is 22.0 Å². The van der Waals surface area contributed by atoms with Crippen LogP contribution in [0.2, 0.25) is 0 Å². The van der Waals surface area contributed by atoms with E-state index in [0.29, 0.717) is 24.4 Å². The van der Waals surface area contributed by atoms with Crippen LogP contribution < -0.4 is 5.32 Å². The van der Waals surface area contributed by atoms with E-state index in [1.807, 2.05) is 25.3 Å². The number of nitrogens with one attached hydrogen (secondary N) is 1.